The highest BCUT2D eigenvalue weighted by Crippen LogP contribution is 2.39. The average molecular weight is 548 g/mol. The molecular weight excluding hydrogens is 518 g/mol. The monoisotopic (exact) mass is 547 g/mol. The van der Waals surface area contributed by atoms with Crippen molar-refractivity contribution in [2.24, 2.45) is 5.14 Å². The second kappa shape index (κ2) is 10.9. The number of primary sulfonamides is 1. The molecule has 2 heterocycles. The van der Waals surface area contributed by atoms with E-state index in [1.807, 2.05) is 48.7 Å². The Balaban J connectivity index is 1.56. The highest BCUT2D eigenvalue weighted by atomic mass is 35.5. The molecule has 1 aliphatic heterocycles. The van der Waals surface area contributed by atoms with Gasteiger partial charge >= 0.3 is 0 Å². The van der Waals surface area contributed by atoms with Crippen LogP contribution in [0.5, 0.6) is 0 Å². The molecule has 1 fully saturated rings. The Bertz CT molecular complexity index is 1350. The molecule has 0 radical (unpaired) electrons. The van der Waals surface area contributed by atoms with Crippen LogP contribution in [0.2, 0.25) is 5.02 Å². The molecule has 7 nitrogen and oxygen atoms in total. The first-order chi connectivity index (χ1) is 17.1. The molecule has 2 amide bonds. The molecule has 1 atom stereocenters. The summed E-state index contributed by atoms with van der Waals surface area (Å²) in [7, 11) is -3.64. The second-order valence-corrected chi connectivity index (χ2v) is 12.2. The molecular formula is C26H30ClN3O4S2. The minimum absolute atomic E-state index is 0.143. The minimum atomic E-state index is -3.64. The van der Waals surface area contributed by atoms with Gasteiger partial charge in [-0.25, -0.2) is 13.6 Å². The lowest BCUT2D eigenvalue weighted by Gasteiger charge is -2.52. The van der Waals surface area contributed by atoms with E-state index in [4.69, 9.17) is 16.7 Å². The molecule has 1 saturated heterocycles. The summed E-state index contributed by atoms with van der Waals surface area (Å²) in [4.78, 5) is 31.0. The standard InChI is InChI=1S/C26H30ClN3O4S2/c1-2-26(13-16-30(26)24(31)22-18-35-23-7-4-3-6-21(22)23)25(32)29(14-5-17-36(28,33)34)15-12-19-8-10-20(27)11-9-19/h3-4,6-11,18H,2,5,12-17H2,1H3,(H2,28,33,34)/t26-/m1/s1. The van der Waals surface area contributed by atoms with E-state index in [9.17, 15) is 18.0 Å². The van der Waals surface area contributed by atoms with Crippen molar-refractivity contribution in [3.8, 4) is 0 Å². The van der Waals surface area contributed by atoms with Crippen LogP contribution in [0, 0.1) is 0 Å². The third-order valence-electron chi connectivity index (χ3n) is 6.93. The molecule has 3 aromatic rings. The number of nitrogens with zero attached hydrogens (tertiary/aromatic N) is 2. The number of nitrogens with two attached hydrogens (primary N) is 1. The number of halogens is 1. The Morgan fingerprint density at radius 1 is 1.14 bits per heavy atom. The maximum atomic E-state index is 14.0. The van der Waals surface area contributed by atoms with Gasteiger partial charge < -0.3 is 9.80 Å². The van der Waals surface area contributed by atoms with E-state index in [0.29, 0.717) is 42.9 Å². The van der Waals surface area contributed by atoms with Crippen LogP contribution in [-0.2, 0) is 21.2 Å². The highest BCUT2D eigenvalue weighted by molar-refractivity contribution is 7.89. The Morgan fingerprint density at radius 3 is 2.50 bits per heavy atom. The van der Waals surface area contributed by atoms with E-state index >= 15 is 0 Å². The van der Waals surface area contributed by atoms with Gasteiger partial charge in [0.1, 0.15) is 5.54 Å². The first-order valence-electron chi connectivity index (χ1n) is 12.0. The van der Waals surface area contributed by atoms with Gasteiger partial charge in [0.15, 0.2) is 0 Å². The summed E-state index contributed by atoms with van der Waals surface area (Å²) in [5.41, 5.74) is 0.685. The summed E-state index contributed by atoms with van der Waals surface area (Å²) >= 11 is 7.51. The summed E-state index contributed by atoms with van der Waals surface area (Å²) in [5.74, 6) is -0.496. The van der Waals surface area contributed by atoms with E-state index in [0.717, 1.165) is 15.6 Å². The van der Waals surface area contributed by atoms with Crippen LogP contribution in [0.25, 0.3) is 10.1 Å². The van der Waals surface area contributed by atoms with Gasteiger partial charge in [0.2, 0.25) is 15.9 Å². The maximum absolute atomic E-state index is 14.0. The molecule has 2 N–H and O–H groups in total. The fourth-order valence-corrected chi connectivity index (χ4v) is 6.39. The van der Waals surface area contributed by atoms with Gasteiger partial charge in [-0.3, -0.25) is 9.59 Å². The van der Waals surface area contributed by atoms with Gasteiger partial charge in [0.25, 0.3) is 5.91 Å². The summed E-state index contributed by atoms with van der Waals surface area (Å²) in [6.45, 7) is 3.07. The number of amides is 2. The van der Waals surface area contributed by atoms with Gasteiger partial charge in [0, 0.05) is 40.1 Å². The number of hydrogen-bond donors (Lipinski definition) is 1. The number of thiophene rings is 1. The van der Waals surface area contributed by atoms with Crippen LogP contribution >= 0.6 is 22.9 Å². The van der Waals surface area contributed by atoms with Crippen molar-refractivity contribution in [3.63, 3.8) is 0 Å². The summed E-state index contributed by atoms with van der Waals surface area (Å²) < 4.78 is 24.0. The van der Waals surface area contributed by atoms with Gasteiger partial charge in [-0.1, -0.05) is 48.9 Å². The fraction of sp³-hybridized carbons (Fsp3) is 0.385. The normalized spacial score (nSPS) is 17.7. The number of sulfonamides is 1. The number of rotatable bonds is 10. The number of fused-ring (bicyclic) bond motifs is 1. The second-order valence-electron chi connectivity index (χ2n) is 9.13. The van der Waals surface area contributed by atoms with Crippen molar-refractivity contribution >= 4 is 54.9 Å². The number of benzene rings is 2. The number of carbonyl (C=O) groups excluding carboxylic acids is 2. The van der Waals surface area contributed by atoms with Crippen LogP contribution in [-0.4, -0.2) is 61.0 Å². The molecule has 2 aromatic carbocycles. The molecule has 0 bridgehead atoms. The van der Waals surface area contributed by atoms with E-state index in [1.54, 1.807) is 21.9 Å². The zero-order chi connectivity index (χ0) is 25.9. The molecule has 0 spiro atoms. The van der Waals surface area contributed by atoms with Crippen LogP contribution in [0.3, 0.4) is 0 Å². The minimum Gasteiger partial charge on any atom is -0.340 e. The quantitative estimate of drug-likeness (QED) is 0.409. The molecule has 0 unspecified atom stereocenters. The van der Waals surface area contributed by atoms with Gasteiger partial charge in [-0.2, -0.15) is 0 Å². The Labute approximate surface area is 220 Å². The molecule has 192 valence electrons. The third kappa shape index (κ3) is 5.59. The topological polar surface area (TPSA) is 101 Å². The van der Waals surface area contributed by atoms with Crippen molar-refractivity contribution in [2.75, 3.05) is 25.4 Å². The number of carbonyl (C=O) groups is 2. The molecule has 1 aromatic heterocycles. The van der Waals surface area contributed by atoms with Crippen LogP contribution in [0.15, 0.2) is 53.9 Å². The van der Waals surface area contributed by atoms with E-state index in [1.165, 1.54) is 11.3 Å². The fourth-order valence-electron chi connectivity index (χ4n) is 4.80. The van der Waals surface area contributed by atoms with Crippen molar-refractivity contribution in [1.29, 1.82) is 0 Å². The van der Waals surface area contributed by atoms with Gasteiger partial charge in [-0.15, -0.1) is 11.3 Å². The van der Waals surface area contributed by atoms with Gasteiger partial charge in [-0.05, 0) is 49.4 Å². The van der Waals surface area contributed by atoms with Crippen LogP contribution in [0.1, 0.15) is 42.1 Å². The van der Waals surface area contributed by atoms with E-state index in [-0.39, 0.29) is 30.5 Å². The molecule has 4 rings (SSSR count). The van der Waals surface area contributed by atoms with Gasteiger partial charge in [0.05, 0.1) is 11.3 Å². The van der Waals surface area contributed by atoms with Crippen LogP contribution < -0.4 is 5.14 Å². The zero-order valence-corrected chi connectivity index (χ0v) is 22.5. The summed E-state index contributed by atoms with van der Waals surface area (Å²) in [5, 5.41) is 8.58. The third-order valence-corrected chi connectivity index (χ3v) is 9.01. The van der Waals surface area contributed by atoms with Crippen molar-refractivity contribution in [3.05, 3.63) is 70.1 Å². The summed E-state index contributed by atoms with van der Waals surface area (Å²) in [6.07, 6.45) is 1.87. The van der Waals surface area contributed by atoms with Crippen molar-refractivity contribution < 1.29 is 18.0 Å². The summed E-state index contributed by atoms with van der Waals surface area (Å²) in [6, 6.07) is 15.2. The first-order valence-corrected chi connectivity index (χ1v) is 14.9. The maximum Gasteiger partial charge on any atom is 0.256 e. The lowest BCUT2D eigenvalue weighted by atomic mass is 9.79. The molecule has 0 saturated carbocycles. The largest absolute Gasteiger partial charge is 0.340 e. The predicted octanol–water partition coefficient (Wildman–Crippen LogP) is 4.30. The van der Waals surface area contributed by atoms with Crippen LogP contribution in [0.4, 0.5) is 0 Å². The number of hydrogen-bond acceptors (Lipinski definition) is 5. The Kier molecular flexibility index (Phi) is 8.04. The lowest BCUT2D eigenvalue weighted by molar-refractivity contribution is -0.151. The Morgan fingerprint density at radius 2 is 1.86 bits per heavy atom. The van der Waals surface area contributed by atoms with E-state index < -0.39 is 15.6 Å². The zero-order valence-electron chi connectivity index (χ0n) is 20.2. The SMILES string of the molecule is CC[C@]1(C(=O)N(CCCS(N)(=O)=O)CCc2ccc(Cl)cc2)CCN1C(=O)c1csc2ccccc12. The predicted molar refractivity (Wildman–Crippen MR) is 145 cm³/mol. The van der Waals surface area contributed by atoms with Crippen molar-refractivity contribution in [2.45, 2.75) is 38.1 Å². The van der Waals surface area contributed by atoms with Crippen molar-refractivity contribution in [1.82, 2.24) is 9.80 Å². The number of likely N-dealkylation sites (tertiary alicyclic amines) is 1. The lowest BCUT2D eigenvalue weighted by Crippen LogP contribution is -2.69. The molecule has 0 aliphatic carbocycles. The first kappa shape index (κ1) is 26.6. The Hall–Kier alpha value is -2.46. The van der Waals surface area contributed by atoms with E-state index in [2.05, 4.69) is 0 Å². The average Bonchev–Trinajstić information content (AvgIpc) is 3.26. The molecule has 36 heavy (non-hydrogen) atoms. The smallest absolute Gasteiger partial charge is 0.256 e. The molecule has 10 heteroatoms. The highest BCUT2D eigenvalue weighted by Gasteiger charge is 2.53. The molecule has 1 aliphatic rings.